The van der Waals surface area contributed by atoms with Gasteiger partial charge in [-0.2, -0.15) is 15.3 Å². The van der Waals surface area contributed by atoms with Gasteiger partial charge in [-0.25, -0.2) is 0 Å². The Morgan fingerprint density at radius 3 is 1.81 bits per heavy atom. The molecule has 4 heterocycles. The van der Waals surface area contributed by atoms with Gasteiger partial charge in [0.05, 0.1) is 42.7 Å². The van der Waals surface area contributed by atoms with Crippen LogP contribution in [0.2, 0.25) is 0 Å². The molecule has 390 valence electrons. The zero-order chi connectivity index (χ0) is 52.0. The molecule has 0 aliphatic rings. The number of carbonyl (C=O) groups is 1. The molecule has 0 aliphatic heterocycles. The Labute approximate surface area is 427 Å². The smallest absolute Gasteiger partial charge is 0.270 e. The highest BCUT2D eigenvalue weighted by molar-refractivity contribution is 6.05. The first-order chi connectivity index (χ1) is 32.5. The first-order valence-corrected chi connectivity index (χ1v) is 22.2. The Morgan fingerprint density at radius 2 is 1.25 bits per heavy atom. The van der Waals surface area contributed by atoms with Crippen molar-refractivity contribution in [2.75, 3.05) is 11.9 Å². The molecule has 0 saturated carbocycles. The van der Waals surface area contributed by atoms with Gasteiger partial charge in [-0.05, 0) is 56.2 Å². The fourth-order valence-corrected chi connectivity index (χ4v) is 7.17. The van der Waals surface area contributed by atoms with E-state index in [1.54, 1.807) is 53.9 Å². The number of nitro groups is 3. The molecule has 19 heteroatoms. The summed E-state index contributed by atoms with van der Waals surface area (Å²) in [6.45, 7) is 22.7. The molecule has 7 aromatic rings. The molecular formula is C54H71N11O8. The number of fused-ring (bicyclic) bond motifs is 3. The first-order valence-electron chi connectivity index (χ1n) is 22.2. The Kier molecular flexibility index (Phi) is 20.2. The van der Waals surface area contributed by atoms with Crippen molar-refractivity contribution in [2.45, 2.75) is 97.4 Å². The standard InChI is InChI=1S/C19H22N4O2.C16H18N4O2.C16H19N3O4.3CH4/c1-6-11-20-17-8-7-15(23(24)25)12-16(17)18-14(13-22(5)21-18)9-10-19(2,3)4;1-16(2,3)8-14-12-9-19(4)18-15(12)11-7-10(20(21)22)5-6-13(11)17-14;1-16(2,3)8-14(21)12-9-18(4)17-15(12)11-7-10(19(22)23)5-6-13(11)20;;;/h6-8,12-13,20H,1,11H2,2-5H3;5-7,9H,8H2,1-4H3;5-7,9,20H,8H2,1-4H3;3*1H4. The van der Waals surface area contributed by atoms with Gasteiger partial charge in [-0.3, -0.25) is 54.2 Å². The van der Waals surface area contributed by atoms with Crippen LogP contribution in [0.25, 0.3) is 44.3 Å². The van der Waals surface area contributed by atoms with Crippen molar-refractivity contribution in [3.05, 3.63) is 133 Å². The first kappa shape index (κ1) is 60.9. The van der Waals surface area contributed by atoms with Crippen molar-refractivity contribution in [3.8, 4) is 40.1 Å². The molecule has 3 aromatic carbocycles. The molecule has 0 amide bonds. The number of phenolic OH excluding ortho intramolecular Hbond substituents is 1. The normalized spacial score (nSPS) is 11.0. The van der Waals surface area contributed by atoms with Gasteiger partial charge < -0.3 is 10.4 Å². The summed E-state index contributed by atoms with van der Waals surface area (Å²) in [7, 11) is 5.32. The maximum atomic E-state index is 12.5. The van der Waals surface area contributed by atoms with Gasteiger partial charge in [0.25, 0.3) is 17.1 Å². The number of carbonyl (C=O) groups excluding carboxylic acids is 1. The minimum atomic E-state index is -0.553. The van der Waals surface area contributed by atoms with Crippen LogP contribution in [-0.2, 0) is 27.6 Å². The third-order valence-corrected chi connectivity index (χ3v) is 10.1. The highest BCUT2D eigenvalue weighted by Crippen LogP contribution is 2.36. The number of nitrogens with zero attached hydrogens (tertiary/aromatic N) is 10. The molecule has 0 radical (unpaired) electrons. The third-order valence-electron chi connectivity index (χ3n) is 10.1. The van der Waals surface area contributed by atoms with E-state index in [0.29, 0.717) is 29.8 Å². The summed E-state index contributed by atoms with van der Waals surface area (Å²) in [5, 5.41) is 61.2. The van der Waals surface area contributed by atoms with E-state index >= 15 is 0 Å². The van der Waals surface area contributed by atoms with Crippen LogP contribution in [0.4, 0.5) is 22.7 Å². The summed E-state index contributed by atoms with van der Waals surface area (Å²) in [5.41, 5.74) is 5.69. The minimum absolute atomic E-state index is 0. The summed E-state index contributed by atoms with van der Waals surface area (Å²) in [6.07, 6.45) is 8.18. The molecule has 0 saturated heterocycles. The lowest BCUT2D eigenvalue weighted by molar-refractivity contribution is -0.385. The van der Waals surface area contributed by atoms with Gasteiger partial charge in [0.1, 0.15) is 22.7 Å². The number of hydrogen-bond donors (Lipinski definition) is 2. The van der Waals surface area contributed by atoms with E-state index in [0.717, 1.165) is 45.2 Å². The van der Waals surface area contributed by atoms with Crippen LogP contribution in [0.5, 0.6) is 5.75 Å². The molecule has 0 aliphatic carbocycles. The summed E-state index contributed by atoms with van der Waals surface area (Å²) in [5.74, 6) is 6.07. The molecule has 0 spiro atoms. The van der Waals surface area contributed by atoms with Crippen molar-refractivity contribution < 1.29 is 24.7 Å². The number of ketones is 1. The number of benzene rings is 3. The number of aromatic hydroxyl groups is 1. The summed E-state index contributed by atoms with van der Waals surface area (Å²) in [4.78, 5) is 49.0. The molecule has 0 bridgehead atoms. The van der Waals surface area contributed by atoms with Crippen LogP contribution in [0.3, 0.4) is 0 Å². The number of pyridine rings is 1. The maximum absolute atomic E-state index is 12.5. The number of nitrogens with one attached hydrogen (secondary N) is 1. The zero-order valence-electron chi connectivity index (χ0n) is 41.6. The van der Waals surface area contributed by atoms with Crippen LogP contribution in [0.1, 0.15) is 113 Å². The number of phenols is 1. The Bertz CT molecular complexity index is 3200. The summed E-state index contributed by atoms with van der Waals surface area (Å²) < 4.78 is 4.86. The number of non-ortho nitro benzene ring substituents is 3. The molecule has 4 aromatic heterocycles. The molecule has 0 unspecified atom stereocenters. The second-order valence-electron chi connectivity index (χ2n) is 20.2. The van der Waals surface area contributed by atoms with Gasteiger partial charge in [0, 0.05) is 117 Å². The van der Waals surface area contributed by atoms with Crippen molar-refractivity contribution in [2.24, 2.45) is 37.4 Å². The van der Waals surface area contributed by atoms with E-state index in [2.05, 4.69) is 59.8 Å². The predicted molar refractivity (Wildman–Crippen MR) is 292 cm³/mol. The topological polar surface area (TPSA) is 245 Å². The second kappa shape index (κ2) is 24.2. The third kappa shape index (κ3) is 16.1. The van der Waals surface area contributed by atoms with Crippen LogP contribution in [0.15, 0.2) is 85.8 Å². The molecule has 7 rings (SSSR count). The van der Waals surface area contributed by atoms with Crippen molar-refractivity contribution in [1.82, 2.24) is 34.3 Å². The molecule has 73 heavy (non-hydrogen) atoms. The number of rotatable bonds is 11. The summed E-state index contributed by atoms with van der Waals surface area (Å²) in [6, 6.07) is 13.1. The van der Waals surface area contributed by atoms with E-state index in [1.165, 1.54) is 41.1 Å². The van der Waals surface area contributed by atoms with Crippen molar-refractivity contribution in [1.29, 1.82) is 0 Å². The zero-order valence-corrected chi connectivity index (χ0v) is 41.6. The Morgan fingerprint density at radius 1 is 0.712 bits per heavy atom. The maximum Gasteiger partial charge on any atom is 0.270 e. The Hall–Kier alpha value is -8.27. The van der Waals surface area contributed by atoms with Crippen molar-refractivity contribution in [3.63, 3.8) is 0 Å². The van der Waals surface area contributed by atoms with Gasteiger partial charge in [-0.15, -0.1) is 6.58 Å². The number of hydrogen-bond acceptors (Lipinski definition) is 13. The highest BCUT2D eigenvalue weighted by atomic mass is 16.6. The number of aromatic nitrogens is 7. The second-order valence-corrected chi connectivity index (χ2v) is 20.2. The quantitative estimate of drug-likeness (QED) is 0.0403. The van der Waals surface area contributed by atoms with Gasteiger partial charge in [0.15, 0.2) is 5.78 Å². The average molecular weight is 1000 g/mol. The van der Waals surface area contributed by atoms with Gasteiger partial charge >= 0.3 is 0 Å². The lowest BCUT2D eigenvalue weighted by atomic mass is 9.87. The molecule has 19 nitrogen and oxygen atoms in total. The number of aryl methyl sites for hydroxylation is 3. The molecule has 0 atom stereocenters. The monoisotopic (exact) mass is 1000 g/mol. The summed E-state index contributed by atoms with van der Waals surface area (Å²) >= 11 is 0. The number of anilines is 1. The van der Waals surface area contributed by atoms with Gasteiger partial charge in [-0.1, -0.05) is 81.7 Å². The van der Waals surface area contributed by atoms with E-state index in [9.17, 15) is 40.2 Å². The number of Topliss-reactive ketones (excluding diaryl/α,β-unsaturated/α-hetero) is 1. The van der Waals surface area contributed by atoms with E-state index in [-0.39, 0.29) is 78.4 Å². The Balaban J connectivity index is 0.000000368. The van der Waals surface area contributed by atoms with E-state index in [4.69, 9.17) is 4.98 Å². The minimum Gasteiger partial charge on any atom is -0.507 e. The molecule has 2 N–H and O–H groups in total. The fourth-order valence-electron chi connectivity index (χ4n) is 7.17. The fraction of sp³-hybridized carbons (Fsp3) is 0.389. The van der Waals surface area contributed by atoms with E-state index < -0.39 is 14.8 Å². The van der Waals surface area contributed by atoms with Crippen LogP contribution in [0, 0.1) is 58.4 Å². The molecule has 0 fully saturated rings. The predicted octanol–water partition coefficient (Wildman–Crippen LogP) is 12.8. The van der Waals surface area contributed by atoms with E-state index in [1.807, 2.05) is 61.0 Å². The van der Waals surface area contributed by atoms with Crippen molar-refractivity contribution >= 4 is 50.3 Å². The lowest BCUT2D eigenvalue weighted by Gasteiger charge is -2.18. The lowest BCUT2D eigenvalue weighted by Crippen LogP contribution is -2.13. The SMILES string of the molecule is C.C.C.C=CCNc1ccc([N+](=O)[O-])cc1-c1nn(C)cc1C#CC(C)(C)C.Cn1cc(C(=O)CC(C)(C)C)c(-c2cc([N+](=O)[O-])ccc2O)n1.Cn1cc2c(CC(C)(C)C)nc3ccc([N+](=O)[O-])cc3c2n1. The molecular weight excluding hydrogens is 931 g/mol. The number of nitro benzene ring substituents is 3. The van der Waals surface area contributed by atoms with Crippen LogP contribution < -0.4 is 5.32 Å². The van der Waals surface area contributed by atoms with Gasteiger partial charge in [0.2, 0.25) is 0 Å². The van der Waals surface area contributed by atoms with Crippen LogP contribution in [-0.4, -0.2) is 66.5 Å². The van der Waals surface area contributed by atoms with Crippen LogP contribution >= 0.6 is 0 Å². The largest absolute Gasteiger partial charge is 0.507 e. The average Bonchev–Trinajstić information content (AvgIpc) is 3.96. The highest BCUT2D eigenvalue weighted by Gasteiger charge is 2.26.